The van der Waals surface area contributed by atoms with Gasteiger partial charge in [-0.15, -0.1) is 0 Å². The normalized spacial score (nSPS) is 16.9. The molecule has 1 aliphatic rings. The maximum absolute atomic E-state index is 13.7. The van der Waals surface area contributed by atoms with Gasteiger partial charge in [0.15, 0.2) is 0 Å². The van der Waals surface area contributed by atoms with Gasteiger partial charge < -0.3 is 15.0 Å². The molecule has 0 saturated heterocycles. The highest BCUT2D eigenvalue weighted by molar-refractivity contribution is 5.61. The van der Waals surface area contributed by atoms with Crippen molar-refractivity contribution in [2.45, 2.75) is 24.9 Å². The fourth-order valence-electron chi connectivity index (χ4n) is 2.26. The molecular weight excluding hydrogens is 268 g/mol. The predicted molar refractivity (Wildman–Crippen MR) is 66.6 cm³/mol. The molecular formula is C13H13F2N3O2. The number of hydrogen-bond donors (Lipinski definition) is 1. The Morgan fingerprint density at radius 1 is 1.30 bits per heavy atom. The van der Waals surface area contributed by atoms with Crippen molar-refractivity contribution in [2.24, 2.45) is 0 Å². The minimum atomic E-state index is -0.821. The van der Waals surface area contributed by atoms with Gasteiger partial charge in [0.05, 0.1) is 11.3 Å². The van der Waals surface area contributed by atoms with Crippen LogP contribution in [0.3, 0.4) is 0 Å². The highest BCUT2D eigenvalue weighted by Crippen LogP contribution is 2.43. The molecule has 0 unspecified atom stereocenters. The molecule has 20 heavy (non-hydrogen) atoms. The van der Waals surface area contributed by atoms with Crippen LogP contribution in [0.2, 0.25) is 0 Å². The van der Waals surface area contributed by atoms with Crippen LogP contribution in [-0.4, -0.2) is 17.3 Å². The van der Waals surface area contributed by atoms with E-state index >= 15 is 0 Å². The summed E-state index contributed by atoms with van der Waals surface area (Å²) in [5.74, 6) is -1.28. The molecule has 5 nitrogen and oxygen atoms in total. The van der Waals surface area contributed by atoms with E-state index in [4.69, 9.17) is 15.0 Å². The average Bonchev–Trinajstić information content (AvgIpc) is 2.83. The number of methoxy groups -OCH3 is 1. The summed E-state index contributed by atoms with van der Waals surface area (Å²) in [7, 11) is 1.58. The maximum Gasteiger partial charge on any atom is 0.261 e. The van der Waals surface area contributed by atoms with E-state index in [0.717, 1.165) is 25.3 Å². The van der Waals surface area contributed by atoms with Crippen LogP contribution in [0, 0.1) is 11.6 Å². The third-order valence-electron chi connectivity index (χ3n) is 3.70. The zero-order chi connectivity index (χ0) is 14.3. The molecule has 0 bridgehead atoms. The number of halogens is 2. The fraction of sp³-hybridized carbons (Fsp3) is 0.385. The largest absolute Gasteiger partial charge is 0.396 e. The summed E-state index contributed by atoms with van der Waals surface area (Å²) >= 11 is 0. The zero-order valence-electron chi connectivity index (χ0n) is 10.8. The Labute approximate surface area is 113 Å². The molecule has 1 aromatic heterocycles. The van der Waals surface area contributed by atoms with Crippen LogP contribution >= 0.6 is 0 Å². The Bertz CT molecular complexity index is 648. The quantitative estimate of drug-likeness (QED) is 0.875. The van der Waals surface area contributed by atoms with Crippen molar-refractivity contribution in [3.05, 3.63) is 29.6 Å². The molecule has 1 aliphatic carbocycles. The summed E-state index contributed by atoms with van der Waals surface area (Å²) < 4.78 is 37.4. The van der Waals surface area contributed by atoms with Crippen molar-refractivity contribution in [1.82, 2.24) is 10.1 Å². The molecule has 7 heteroatoms. The topological polar surface area (TPSA) is 74.2 Å². The van der Waals surface area contributed by atoms with Gasteiger partial charge in [0.25, 0.3) is 5.89 Å². The van der Waals surface area contributed by atoms with Gasteiger partial charge in [0, 0.05) is 13.2 Å². The van der Waals surface area contributed by atoms with E-state index in [1.54, 1.807) is 7.11 Å². The van der Waals surface area contributed by atoms with Crippen LogP contribution < -0.4 is 5.73 Å². The predicted octanol–water partition coefficient (Wildman–Crippen LogP) is 2.62. The van der Waals surface area contributed by atoms with E-state index < -0.39 is 17.2 Å². The lowest BCUT2D eigenvalue weighted by Gasteiger charge is -2.37. The molecule has 0 amide bonds. The first kappa shape index (κ1) is 13.0. The number of nitrogens with zero attached hydrogens (tertiary/aromatic N) is 2. The lowest BCUT2D eigenvalue weighted by molar-refractivity contribution is -0.0858. The molecule has 106 valence electrons. The third-order valence-corrected chi connectivity index (χ3v) is 3.70. The van der Waals surface area contributed by atoms with Crippen molar-refractivity contribution in [3.8, 4) is 11.5 Å². The van der Waals surface area contributed by atoms with E-state index in [1.807, 2.05) is 0 Å². The lowest BCUT2D eigenvalue weighted by Crippen LogP contribution is -2.37. The Morgan fingerprint density at radius 2 is 2.05 bits per heavy atom. The first-order chi connectivity index (χ1) is 9.55. The van der Waals surface area contributed by atoms with Crippen molar-refractivity contribution < 1.29 is 18.0 Å². The number of aromatic nitrogens is 2. The zero-order valence-corrected chi connectivity index (χ0v) is 10.8. The first-order valence-electron chi connectivity index (χ1n) is 6.20. The van der Waals surface area contributed by atoms with E-state index in [9.17, 15) is 8.78 Å². The maximum atomic E-state index is 13.7. The van der Waals surface area contributed by atoms with Crippen LogP contribution in [0.5, 0.6) is 0 Å². The van der Waals surface area contributed by atoms with Gasteiger partial charge in [-0.25, -0.2) is 8.78 Å². The number of hydrogen-bond acceptors (Lipinski definition) is 5. The molecule has 0 aliphatic heterocycles. The third kappa shape index (κ3) is 1.85. The van der Waals surface area contributed by atoms with Gasteiger partial charge in [-0.05, 0) is 25.3 Å². The van der Waals surface area contributed by atoms with Crippen molar-refractivity contribution in [2.75, 3.05) is 12.8 Å². The average molecular weight is 281 g/mol. The molecule has 0 spiro atoms. The van der Waals surface area contributed by atoms with Crippen LogP contribution in [0.4, 0.5) is 14.5 Å². The van der Waals surface area contributed by atoms with Crippen LogP contribution in [0.1, 0.15) is 25.1 Å². The summed E-state index contributed by atoms with van der Waals surface area (Å²) in [5.41, 5.74) is 4.68. The molecule has 0 radical (unpaired) electrons. The van der Waals surface area contributed by atoms with E-state index in [2.05, 4.69) is 10.1 Å². The number of nitrogen functional groups attached to an aromatic ring is 1. The second-order valence-electron chi connectivity index (χ2n) is 4.83. The molecule has 1 aromatic carbocycles. The van der Waals surface area contributed by atoms with Crippen molar-refractivity contribution >= 4 is 5.69 Å². The van der Waals surface area contributed by atoms with Gasteiger partial charge in [-0.3, -0.25) is 0 Å². The molecule has 1 fully saturated rings. The highest BCUT2D eigenvalue weighted by atomic mass is 19.1. The molecule has 3 rings (SSSR count). The van der Waals surface area contributed by atoms with Gasteiger partial charge in [-0.1, -0.05) is 5.16 Å². The van der Waals surface area contributed by atoms with E-state index in [0.29, 0.717) is 11.9 Å². The summed E-state index contributed by atoms with van der Waals surface area (Å²) in [4.78, 5) is 4.16. The SMILES string of the molecule is COC1(c2noc(-c3cc(N)c(F)cc3F)n2)CCC1. The monoisotopic (exact) mass is 281 g/mol. The summed E-state index contributed by atoms with van der Waals surface area (Å²) in [5, 5.41) is 3.84. The van der Waals surface area contributed by atoms with Gasteiger partial charge >= 0.3 is 0 Å². The Balaban J connectivity index is 2.00. The Hall–Kier alpha value is -2.02. The first-order valence-corrected chi connectivity index (χ1v) is 6.20. The number of rotatable bonds is 3. The van der Waals surface area contributed by atoms with Crippen LogP contribution in [-0.2, 0) is 10.3 Å². The van der Waals surface area contributed by atoms with Crippen LogP contribution in [0.15, 0.2) is 16.7 Å². The minimum absolute atomic E-state index is 0.0202. The van der Waals surface area contributed by atoms with Gasteiger partial charge in [-0.2, -0.15) is 4.98 Å². The second kappa shape index (κ2) is 4.52. The minimum Gasteiger partial charge on any atom is -0.396 e. The van der Waals surface area contributed by atoms with E-state index in [1.165, 1.54) is 0 Å². The highest BCUT2D eigenvalue weighted by Gasteiger charge is 2.43. The fourth-order valence-corrected chi connectivity index (χ4v) is 2.26. The van der Waals surface area contributed by atoms with Crippen molar-refractivity contribution in [1.29, 1.82) is 0 Å². The number of benzene rings is 1. The molecule has 1 heterocycles. The molecule has 0 atom stereocenters. The molecule has 2 N–H and O–H groups in total. The number of ether oxygens (including phenoxy) is 1. The van der Waals surface area contributed by atoms with Gasteiger partial charge in [0.1, 0.15) is 17.2 Å². The van der Waals surface area contributed by atoms with Gasteiger partial charge in [0.2, 0.25) is 5.82 Å². The smallest absolute Gasteiger partial charge is 0.261 e. The number of nitrogens with two attached hydrogens (primary N) is 1. The van der Waals surface area contributed by atoms with E-state index in [-0.39, 0.29) is 17.1 Å². The standard InChI is InChI=1S/C13H13F2N3O2/c1-19-13(3-2-4-13)12-17-11(20-18-12)7-5-10(16)9(15)6-8(7)14/h5-6H,2-4,16H2,1H3. The van der Waals surface area contributed by atoms with Crippen molar-refractivity contribution in [3.63, 3.8) is 0 Å². The molecule has 2 aromatic rings. The van der Waals surface area contributed by atoms with Crippen LogP contribution in [0.25, 0.3) is 11.5 Å². The second-order valence-corrected chi connectivity index (χ2v) is 4.83. The molecule has 1 saturated carbocycles. The summed E-state index contributed by atoms with van der Waals surface area (Å²) in [6, 6.07) is 1.84. The summed E-state index contributed by atoms with van der Waals surface area (Å²) in [6.45, 7) is 0. The Morgan fingerprint density at radius 3 is 2.65 bits per heavy atom. The lowest BCUT2D eigenvalue weighted by atomic mass is 9.79. The number of anilines is 1. The summed E-state index contributed by atoms with van der Waals surface area (Å²) in [6.07, 6.45) is 2.59. The Kier molecular flexibility index (Phi) is 2.93.